The maximum atomic E-state index is 4.19. The highest BCUT2D eigenvalue weighted by molar-refractivity contribution is 5.13. The Balaban J connectivity index is 2.88. The van der Waals surface area contributed by atoms with Crippen molar-refractivity contribution in [3.05, 3.63) is 34.5 Å². The zero-order valence-corrected chi connectivity index (χ0v) is 5.83. The average Bonchev–Trinajstić information content (AvgIpc) is 2.33. The lowest BCUT2D eigenvalue weighted by Crippen LogP contribution is -2.20. The quantitative estimate of drug-likeness (QED) is 0.482. The van der Waals surface area contributed by atoms with Gasteiger partial charge in [-0.15, -0.1) is 0 Å². The van der Waals surface area contributed by atoms with Crippen LogP contribution in [0.2, 0.25) is 0 Å². The molecule has 1 aromatic carbocycles. The number of hydrogen-bond donors (Lipinski definition) is 0. The molecular weight excluding hydrogens is 124 g/mol. The first-order valence-electron chi connectivity index (χ1n) is 3.32. The van der Waals surface area contributed by atoms with Gasteiger partial charge in [-0.05, 0) is 24.6 Å². The normalized spacial score (nSPS) is 13.7. The molecule has 0 saturated heterocycles. The minimum atomic E-state index is 0.610. The van der Waals surface area contributed by atoms with Crippen molar-refractivity contribution in [2.24, 2.45) is 9.98 Å². The molecular formula is C8H8N2. The van der Waals surface area contributed by atoms with Crippen LogP contribution in [0.5, 0.6) is 0 Å². The van der Waals surface area contributed by atoms with Gasteiger partial charge in [0.1, 0.15) is 6.67 Å². The Bertz CT molecular complexity index is 365. The van der Waals surface area contributed by atoms with Crippen molar-refractivity contribution >= 4 is 0 Å². The monoisotopic (exact) mass is 132 g/mol. The molecule has 0 fully saturated rings. The van der Waals surface area contributed by atoms with Gasteiger partial charge in [0, 0.05) is 0 Å². The lowest BCUT2D eigenvalue weighted by Gasteiger charge is -1.85. The van der Waals surface area contributed by atoms with Crippen LogP contribution in [0.3, 0.4) is 0 Å². The predicted octanol–water partition coefficient (Wildman–Crippen LogP) is 0.205. The Hall–Kier alpha value is -1.18. The molecule has 50 valence electrons. The molecule has 0 bridgehead atoms. The van der Waals surface area contributed by atoms with Crippen molar-refractivity contribution in [3.63, 3.8) is 0 Å². The van der Waals surface area contributed by atoms with Crippen molar-refractivity contribution in [1.82, 2.24) is 0 Å². The highest BCUT2D eigenvalue weighted by Crippen LogP contribution is 1.87. The van der Waals surface area contributed by atoms with Crippen LogP contribution in [-0.4, -0.2) is 6.67 Å². The van der Waals surface area contributed by atoms with E-state index in [4.69, 9.17) is 0 Å². The first-order valence-corrected chi connectivity index (χ1v) is 3.32. The molecule has 0 aromatic heterocycles. The maximum Gasteiger partial charge on any atom is 0.130 e. The third kappa shape index (κ3) is 0.727. The van der Waals surface area contributed by atoms with Gasteiger partial charge < -0.3 is 0 Å². The topological polar surface area (TPSA) is 24.7 Å². The van der Waals surface area contributed by atoms with Crippen molar-refractivity contribution in [2.75, 3.05) is 6.67 Å². The minimum Gasteiger partial charge on any atom is -0.260 e. The summed E-state index contributed by atoms with van der Waals surface area (Å²) in [4.78, 5) is 8.37. The Morgan fingerprint density at radius 3 is 2.90 bits per heavy atom. The second kappa shape index (κ2) is 1.90. The van der Waals surface area contributed by atoms with Gasteiger partial charge in [-0.2, -0.15) is 0 Å². The van der Waals surface area contributed by atoms with Crippen molar-refractivity contribution in [2.45, 2.75) is 6.92 Å². The summed E-state index contributed by atoms with van der Waals surface area (Å²) >= 11 is 0. The number of benzene rings is 1. The molecule has 0 unspecified atom stereocenters. The van der Waals surface area contributed by atoms with Crippen LogP contribution < -0.4 is 10.7 Å². The van der Waals surface area contributed by atoms with Crippen LogP contribution in [0, 0.1) is 6.92 Å². The predicted molar refractivity (Wildman–Crippen MR) is 38.4 cm³/mol. The Morgan fingerprint density at radius 1 is 1.20 bits per heavy atom. The standard InChI is InChI=1S/C8H8N2/c1-6-2-3-7-8(4-6)10-5-9-7/h2-4H,5H2,1H3. The highest BCUT2D eigenvalue weighted by atomic mass is 15.0. The van der Waals surface area contributed by atoms with Crippen LogP contribution in [-0.2, 0) is 0 Å². The minimum absolute atomic E-state index is 0.610. The molecule has 0 spiro atoms. The van der Waals surface area contributed by atoms with Gasteiger partial charge in [0.2, 0.25) is 0 Å². The summed E-state index contributed by atoms with van der Waals surface area (Å²) < 4.78 is 0. The summed E-state index contributed by atoms with van der Waals surface area (Å²) in [7, 11) is 0. The Morgan fingerprint density at radius 2 is 2.00 bits per heavy atom. The summed E-state index contributed by atoms with van der Waals surface area (Å²) in [5.74, 6) is 0. The molecule has 0 atom stereocenters. The van der Waals surface area contributed by atoms with E-state index in [9.17, 15) is 0 Å². The number of rotatable bonds is 0. The van der Waals surface area contributed by atoms with Gasteiger partial charge in [0.25, 0.3) is 0 Å². The SMILES string of the molecule is Cc1ccc2c(c1)=NCN=2. The summed E-state index contributed by atoms with van der Waals surface area (Å²) in [6, 6.07) is 6.14. The van der Waals surface area contributed by atoms with E-state index in [-0.39, 0.29) is 0 Å². The molecule has 1 aliphatic heterocycles. The number of aryl methyl sites for hydroxylation is 1. The van der Waals surface area contributed by atoms with Gasteiger partial charge in [-0.3, -0.25) is 9.98 Å². The van der Waals surface area contributed by atoms with Crippen LogP contribution in [0.25, 0.3) is 0 Å². The third-order valence-electron chi connectivity index (χ3n) is 1.61. The molecule has 2 heteroatoms. The van der Waals surface area contributed by atoms with Gasteiger partial charge in [-0.1, -0.05) is 6.07 Å². The van der Waals surface area contributed by atoms with E-state index in [2.05, 4.69) is 29.0 Å². The molecule has 2 rings (SSSR count). The zero-order valence-electron chi connectivity index (χ0n) is 5.83. The summed E-state index contributed by atoms with van der Waals surface area (Å²) in [5.41, 5.74) is 1.25. The third-order valence-corrected chi connectivity index (χ3v) is 1.61. The van der Waals surface area contributed by atoms with Gasteiger partial charge in [-0.25, -0.2) is 0 Å². The Labute approximate surface area is 58.9 Å². The van der Waals surface area contributed by atoms with Crippen molar-refractivity contribution < 1.29 is 0 Å². The van der Waals surface area contributed by atoms with Crippen LogP contribution in [0.15, 0.2) is 28.2 Å². The first kappa shape index (κ1) is 5.59. The summed E-state index contributed by atoms with van der Waals surface area (Å²) in [6.45, 7) is 2.67. The molecule has 1 heterocycles. The van der Waals surface area contributed by atoms with Gasteiger partial charge >= 0.3 is 0 Å². The van der Waals surface area contributed by atoms with Crippen LogP contribution in [0.4, 0.5) is 0 Å². The van der Waals surface area contributed by atoms with Crippen molar-refractivity contribution in [1.29, 1.82) is 0 Å². The molecule has 0 amide bonds. The molecule has 0 saturated carbocycles. The fourth-order valence-corrected chi connectivity index (χ4v) is 1.08. The van der Waals surface area contributed by atoms with E-state index in [0.717, 1.165) is 10.7 Å². The molecule has 1 aliphatic rings. The smallest absolute Gasteiger partial charge is 0.130 e. The Kier molecular flexibility index (Phi) is 1.07. The highest BCUT2D eigenvalue weighted by Gasteiger charge is 1.93. The van der Waals surface area contributed by atoms with E-state index >= 15 is 0 Å². The lowest BCUT2D eigenvalue weighted by molar-refractivity contribution is 1.06. The molecule has 0 N–H and O–H groups in total. The second-order valence-corrected chi connectivity index (χ2v) is 2.45. The van der Waals surface area contributed by atoms with Gasteiger partial charge in [0.15, 0.2) is 0 Å². The number of nitrogens with zero attached hydrogens (tertiary/aromatic N) is 2. The lowest BCUT2D eigenvalue weighted by atomic mass is 10.2. The van der Waals surface area contributed by atoms with E-state index < -0.39 is 0 Å². The van der Waals surface area contributed by atoms with Gasteiger partial charge in [0.05, 0.1) is 10.7 Å². The number of fused-ring (bicyclic) bond motifs is 1. The van der Waals surface area contributed by atoms with Crippen LogP contribution in [0.1, 0.15) is 5.56 Å². The zero-order chi connectivity index (χ0) is 6.97. The molecule has 0 radical (unpaired) electrons. The summed E-state index contributed by atoms with van der Waals surface area (Å²) in [5, 5.41) is 2.07. The van der Waals surface area contributed by atoms with E-state index in [1.54, 1.807) is 0 Å². The van der Waals surface area contributed by atoms with E-state index in [1.165, 1.54) is 5.56 Å². The first-order chi connectivity index (χ1) is 4.86. The second-order valence-electron chi connectivity index (χ2n) is 2.45. The van der Waals surface area contributed by atoms with E-state index in [1.807, 2.05) is 6.07 Å². The molecule has 10 heavy (non-hydrogen) atoms. The largest absolute Gasteiger partial charge is 0.260 e. The molecule has 1 aromatic rings. The average molecular weight is 132 g/mol. The maximum absolute atomic E-state index is 4.19. The molecule has 0 aliphatic carbocycles. The summed E-state index contributed by atoms with van der Waals surface area (Å²) in [6.07, 6.45) is 0. The molecule has 2 nitrogen and oxygen atoms in total. The fraction of sp³-hybridized carbons (Fsp3) is 0.250. The van der Waals surface area contributed by atoms with E-state index in [0.29, 0.717) is 6.67 Å². The van der Waals surface area contributed by atoms with Crippen molar-refractivity contribution in [3.8, 4) is 0 Å². The van der Waals surface area contributed by atoms with Crippen LogP contribution >= 0.6 is 0 Å². The number of hydrogen-bond acceptors (Lipinski definition) is 2. The fourth-order valence-electron chi connectivity index (χ4n) is 1.08.